The van der Waals surface area contributed by atoms with E-state index in [2.05, 4.69) is 15.5 Å². The van der Waals surface area contributed by atoms with E-state index in [9.17, 15) is 40.3 Å². The molecule has 0 aliphatic heterocycles. The van der Waals surface area contributed by atoms with Gasteiger partial charge in [0, 0.05) is 17.5 Å². The number of amides is 1. The smallest absolute Gasteiger partial charge is 0.433 e. The first-order valence-electron chi connectivity index (χ1n) is 11.0. The molecule has 1 heterocycles. The van der Waals surface area contributed by atoms with Crippen molar-refractivity contribution in [3.8, 4) is 11.6 Å². The predicted molar refractivity (Wildman–Crippen MR) is 124 cm³/mol. The SMILES string of the molecule is Cc1cc(C2(O)CC2)c(F)c(F)c1Oc1nnc(C(F)(F)F)c(C)c1C(=O)Nc1cccc(S(C)(=O)=O)c1. The van der Waals surface area contributed by atoms with Gasteiger partial charge in [0.25, 0.3) is 11.8 Å². The van der Waals surface area contributed by atoms with Crippen molar-refractivity contribution in [1.82, 2.24) is 10.2 Å². The Kier molecular flexibility index (Phi) is 6.68. The number of halogens is 5. The summed E-state index contributed by atoms with van der Waals surface area (Å²) in [5.74, 6) is -5.77. The first kappa shape index (κ1) is 27.4. The Hall–Kier alpha value is -3.65. The molecule has 1 fully saturated rings. The predicted octanol–water partition coefficient (Wildman–Crippen LogP) is 4.82. The van der Waals surface area contributed by atoms with E-state index in [1.165, 1.54) is 25.1 Å². The van der Waals surface area contributed by atoms with Gasteiger partial charge in [0.2, 0.25) is 5.82 Å². The Balaban J connectivity index is 1.80. The van der Waals surface area contributed by atoms with Crippen LogP contribution in [0.1, 0.15) is 45.6 Å². The van der Waals surface area contributed by atoms with Gasteiger partial charge in [-0.05, 0) is 62.1 Å². The lowest BCUT2D eigenvalue weighted by Gasteiger charge is -2.18. The van der Waals surface area contributed by atoms with Crippen molar-refractivity contribution in [1.29, 1.82) is 0 Å². The minimum absolute atomic E-state index is 0.0224. The number of alkyl halides is 3. The molecular formula is C24H20F5N3O5S. The molecule has 0 spiro atoms. The van der Waals surface area contributed by atoms with E-state index in [0.717, 1.165) is 25.3 Å². The van der Waals surface area contributed by atoms with Crippen LogP contribution in [0.3, 0.4) is 0 Å². The number of carbonyl (C=O) groups is 1. The molecule has 0 atom stereocenters. The van der Waals surface area contributed by atoms with Gasteiger partial charge < -0.3 is 15.2 Å². The maximum absolute atomic E-state index is 15.0. The van der Waals surface area contributed by atoms with Gasteiger partial charge in [-0.2, -0.15) is 17.6 Å². The molecule has 0 radical (unpaired) electrons. The molecular weight excluding hydrogens is 537 g/mol. The lowest BCUT2D eigenvalue weighted by atomic mass is 10.0. The molecule has 2 N–H and O–H groups in total. The second kappa shape index (κ2) is 9.27. The fourth-order valence-electron chi connectivity index (χ4n) is 3.79. The van der Waals surface area contributed by atoms with E-state index in [1.807, 2.05) is 0 Å². The summed E-state index contributed by atoms with van der Waals surface area (Å²) >= 11 is 0. The van der Waals surface area contributed by atoms with Crippen molar-refractivity contribution >= 4 is 21.4 Å². The fourth-order valence-corrected chi connectivity index (χ4v) is 4.46. The lowest BCUT2D eigenvalue weighted by Crippen LogP contribution is -2.21. The van der Waals surface area contributed by atoms with Gasteiger partial charge in [0.1, 0.15) is 5.56 Å². The van der Waals surface area contributed by atoms with Crippen molar-refractivity contribution in [2.75, 3.05) is 11.6 Å². The monoisotopic (exact) mass is 557 g/mol. The number of hydrogen-bond donors (Lipinski definition) is 2. The zero-order valence-electron chi connectivity index (χ0n) is 20.1. The minimum atomic E-state index is -5.02. The summed E-state index contributed by atoms with van der Waals surface area (Å²) in [5.41, 5.74) is -4.95. The van der Waals surface area contributed by atoms with Crippen molar-refractivity contribution in [2.24, 2.45) is 0 Å². The number of aliphatic hydroxyl groups is 1. The third-order valence-corrected chi connectivity index (χ3v) is 7.08. The van der Waals surface area contributed by atoms with Crippen LogP contribution in [0.5, 0.6) is 11.6 Å². The highest BCUT2D eigenvalue weighted by Crippen LogP contribution is 2.48. The third-order valence-electron chi connectivity index (χ3n) is 5.97. The summed E-state index contributed by atoms with van der Waals surface area (Å²) in [6.45, 7) is 2.23. The van der Waals surface area contributed by atoms with E-state index in [1.54, 1.807) is 0 Å². The molecule has 0 bridgehead atoms. The van der Waals surface area contributed by atoms with Crippen molar-refractivity contribution < 1.29 is 45.0 Å². The van der Waals surface area contributed by atoms with Crippen LogP contribution in [-0.2, 0) is 21.6 Å². The zero-order valence-corrected chi connectivity index (χ0v) is 20.9. The van der Waals surface area contributed by atoms with E-state index in [0.29, 0.717) is 0 Å². The molecule has 202 valence electrons. The molecule has 0 unspecified atom stereocenters. The van der Waals surface area contributed by atoms with Crippen LogP contribution in [0.2, 0.25) is 0 Å². The van der Waals surface area contributed by atoms with Crippen LogP contribution >= 0.6 is 0 Å². The molecule has 1 aliphatic rings. The number of hydrogen-bond acceptors (Lipinski definition) is 7. The maximum atomic E-state index is 15.0. The highest BCUT2D eigenvalue weighted by molar-refractivity contribution is 7.90. The van der Waals surface area contributed by atoms with Crippen LogP contribution in [0.4, 0.5) is 27.6 Å². The number of rotatable bonds is 6. The van der Waals surface area contributed by atoms with Crippen LogP contribution in [-0.4, -0.2) is 35.9 Å². The Morgan fingerprint density at radius 1 is 1.11 bits per heavy atom. The standard InChI is InChI=1S/C24H20F5N3O5S/c1-11-9-15(23(34)7-8-23)17(25)18(26)19(11)37-22-16(12(2)20(31-32-22)24(27,28)29)21(33)30-13-5-4-6-14(10-13)38(3,35)36/h4-6,9-10,34H,7-8H2,1-3H3,(H,30,33). The summed E-state index contributed by atoms with van der Waals surface area (Å²) in [6.07, 6.45) is -3.65. The van der Waals surface area contributed by atoms with E-state index in [4.69, 9.17) is 4.74 Å². The number of nitrogens with one attached hydrogen (secondary N) is 1. The summed E-state index contributed by atoms with van der Waals surface area (Å²) in [4.78, 5) is 13.0. The van der Waals surface area contributed by atoms with Crippen molar-refractivity contribution in [3.63, 3.8) is 0 Å². The second-order valence-corrected chi connectivity index (χ2v) is 11.0. The van der Waals surface area contributed by atoms with Gasteiger partial charge in [-0.25, -0.2) is 12.8 Å². The van der Waals surface area contributed by atoms with Crippen molar-refractivity contribution in [3.05, 3.63) is 69.9 Å². The number of aryl methyl sites for hydroxylation is 1. The molecule has 4 rings (SSSR count). The molecule has 8 nitrogen and oxygen atoms in total. The third kappa shape index (κ3) is 5.18. The number of sulfone groups is 1. The van der Waals surface area contributed by atoms with Crippen LogP contribution < -0.4 is 10.1 Å². The van der Waals surface area contributed by atoms with Crippen molar-refractivity contribution in [2.45, 2.75) is 43.4 Å². The molecule has 14 heteroatoms. The Morgan fingerprint density at radius 3 is 2.34 bits per heavy atom. The molecule has 1 aliphatic carbocycles. The minimum Gasteiger partial charge on any atom is -0.433 e. The average molecular weight is 557 g/mol. The maximum Gasteiger partial charge on any atom is 0.435 e. The quantitative estimate of drug-likeness (QED) is 0.417. The van der Waals surface area contributed by atoms with E-state index < -0.39 is 67.6 Å². The molecule has 3 aromatic rings. The van der Waals surface area contributed by atoms with Gasteiger partial charge in [-0.1, -0.05) is 6.07 Å². The normalized spacial score (nSPS) is 14.8. The van der Waals surface area contributed by atoms with Gasteiger partial charge in [-0.3, -0.25) is 4.79 Å². The largest absolute Gasteiger partial charge is 0.435 e. The zero-order chi connectivity index (χ0) is 28.2. The Labute approximate surface area is 213 Å². The highest BCUT2D eigenvalue weighted by Gasteiger charge is 2.45. The Bertz CT molecular complexity index is 1570. The first-order chi connectivity index (χ1) is 17.5. The lowest BCUT2D eigenvalue weighted by molar-refractivity contribution is -0.142. The van der Waals surface area contributed by atoms with Crippen LogP contribution in [0, 0.1) is 25.5 Å². The average Bonchev–Trinajstić information content (AvgIpc) is 3.56. The van der Waals surface area contributed by atoms with E-state index in [-0.39, 0.29) is 34.6 Å². The van der Waals surface area contributed by atoms with Crippen LogP contribution in [0.25, 0.3) is 0 Å². The first-order valence-corrected chi connectivity index (χ1v) is 12.9. The summed E-state index contributed by atoms with van der Waals surface area (Å²) in [5, 5.41) is 18.9. The summed E-state index contributed by atoms with van der Waals surface area (Å²) in [7, 11) is -3.67. The topological polar surface area (TPSA) is 118 Å². The van der Waals surface area contributed by atoms with E-state index >= 15 is 0 Å². The van der Waals surface area contributed by atoms with Gasteiger partial charge in [0.05, 0.1) is 10.5 Å². The fraction of sp³-hybridized carbons (Fsp3) is 0.292. The number of ether oxygens (including phenoxy) is 1. The van der Waals surface area contributed by atoms with Gasteiger partial charge >= 0.3 is 6.18 Å². The number of anilines is 1. The second-order valence-electron chi connectivity index (χ2n) is 8.94. The number of nitrogens with zero attached hydrogens (tertiary/aromatic N) is 2. The molecule has 0 saturated heterocycles. The molecule has 2 aromatic carbocycles. The summed E-state index contributed by atoms with van der Waals surface area (Å²) in [6, 6.07) is 6.08. The molecule has 1 amide bonds. The Morgan fingerprint density at radius 2 is 1.76 bits per heavy atom. The van der Waals surface area contributed by atoms with Gasteiger partial charge in [-0.15, -0.1) is 10.2 Å². The summed E-state index contributed by atoms with van der Waals surface area (Å²) < 4.78 is 99.3. The molecule has 1 aromatic heterocycles. The van der Waals surface area contributed by atoms with Gasteiger partial charge in [0.15, 0.2) is 27.1 Å². The number of carbonyl (C=O) groups excluding carboxylic acids is 1. The molecule has 1 saturated carbocycles. The molecule has 38 heavy (non-hydrogen) atoms. The van der Waals surface area contributed by atoms with Crippen LogP contribution in [0.15, 0.2) is 35.2 Å². The number of aromatic nitrogens is 2. The number of benzene rings is 2. The highest BCUT2D eigenvalue weighted by atomic mass is 32.2.